The smallest absolute Gasteiger partial charge is 0.162 e. The molecule has 0 bridgehead atoms. The Morgan fingerprint density at radius 3 is 1.62 bits per heavy atom. The third kappa shape index (κ3) is 5.34. The zero-order valence-electron chi connectivity index (χ0n) is 17.5. The Kier molecular flexibility index (Phi) is 6.55. The number of phenolic OH excluding ortho intramolecular Hbond substituents is 2. The lowest BCUT2D eigenvalue weighted by molar-refractivity contribution is -0.202. The van der Waals surface area contributed by atoms with Crippen LogP contribution < -0.4 is 9.47 Å². The largest absolute Gasteiger partial charge is 0.504 e. The van der Waals surface area contributed by atoms with Crippen molar-refractivity contribution in [2.45, 2.75) is 32.5 Å². The van der Waals surface area contributed by atoms with Crippen molar-refractivity contribution in [1.82, 2.24) is 0 Å². The van der Waals surface area contributed by atoms with E-state index in [9.17, 15) is 10.2 Å². The van der Waals surface area contributed by atoms with Gasteiger partial charge in [0.15, 0.2) is 28.8 Å². The Bertz CT molecular complexity index is 765. The molecule has 29 heavy (non-hydrogen) atoms. The number of rotatable bonds is 6. The number of benzene rings is 2. The van der Waals surface area contributed by atoms with Crippen molar-refractivity contribution in [2.24, 2.45) is 11.8 Å². The molecule has 0 spiro atoms. The maximum Gasteiger partial charge on any atom is 0.162 e. The van der Waals surface area contributed by atoms with E-state index in [-0.39, 0.29) is 23.3 Å². The van der Waals surface area contributed by atoms with Crippen LogP contribution in [-0.2, 0) is 22.3 Å². The zero-order valence-corrected chi connectivity index (χ0v) is 17.5. The molecule has 2 N–H and O–H groups in total. The van der Waals surface area contributed by atoms with Crippen molar-refractivity contribution in [1.29, 1.82) is 0 Å². The van der Waals surface area contributed by atoms with E-state index in [1.807, 2.05) is 38.1 Å². The Hall–Kier alpha value is -2.44. The molecular weight excluding hydrogens is 372 g/mol. The highest BCUT2D eigenvalue weighted by Gasteiger charge is 2.32. The third-order valence-corrected chi connectivity index (χ3v) is 5.44. The second-order valence-corrected chi connectivity index (χ2v) is 7.96. The van der Waals surface area contributed by atoms with Crippen molar-refractivity contribution < 1.29 is 29.2 Å². The summed E-state index contributed by atoms with van der Waals surface area (Å²) in [6.07, 6.45) is 1.55. The molecule has 0 amide bonds. The zero-order chi connectivity index (χ0) is 21.0. The fourth-order valence-corrected chi connectivity index (χ4v) is 3.68. The molecule has 2 aromatic rings. The highest BCUT2D eigenvalue weighted by atomic mass is 16.7. The van der Waals surface area contributed by atoms with Crippen LogP contribution in [0.2, 0.25) is 0 Å². The van der Waals surface area contributed by atoms with Crippen molar-refractivity contribution in [2.75, 3.05) is 27.4 Å². The average molecular weight is 402 g/mol. The second kappa shape index (κ2) is 8.93. The summed E-state index contributed by atoms with van der Waals surface area (Å²) < 4.78 is 22.5. The highest BCUT2D eigenvalue weighted by molar-refractivity contribution is 5.43. The fraction of sp³-hybridized carbons (Fsp3) is 0.478. The van der Waals surface area contributed by atoms with Crippen LogP contribution in [0.5, 0.6) is 23.0 Å². The highest BCUT2D eigenvalue weighted by Crippen LogP contribution is 2.34. The number of hydrogen-bond donors (Lipinski definition) is 2. The minimum atomic E-state index is -0.633. The average Bonchev–Trinajstić information content (AvgIpc) is 2.84. The first-order chi connectivity index (χ1) is 13.8. The van der Waals surface area contributed by atoms with Gasteiger partial charge < -0.3 is 29.2 Å². The number of phenols is 2. The minimum absolute atomic E-state index is 0.130. The van der Waals surface area contributed by atoms with Crippen LogP contribution in [0.25, 0.3) is 0 Å². The van der Waals surface area contributed by atoms with E-state index >= 15 is 0 Å². The SMILES string of the molecule is COc1cc(CC2COC(C)(C)OCC2Cc2ccc(O)c(OC)c2)ccc1O. The van der Waals surface area contributed by atoms with Gasteiger partial charge in [0, 0.05) is 0 Å². The van der Waals surface area contributed by atoms with E-state index in [0.717, 1.165) is 24.0 Å². The summed E-state index contributed by atoms with van der Waals surface area (Å²) in [5.74, 6) is 0.987. The fourth-order valence-electron chi connectivity index (χ4n) is 3.68. The van der Waals surface area contributed by atoms with Crippen molar-refractivity contribution in [3.8, 4) is 23.0 Å². The molecular formula is C23H30O6. The first kappa shape index (κ1) is 21.3. The number of ether oxygens (including phenoxy) is 4. The van der Waals surface area contributed by atoms with Gasteiger partial charge >= 0.3 is 0 Å². The molecule has 2 atom stereocenters. The van der Waals surface area contributed by atoms with E-state index in [1.54, 1.807) is 26.4 Å². The second-order valence-electron chi connectivity index (χ2n) is 7.96. The molecule has 1 aliphatic rings. The van der Waals surface area contributed by atoms with E-state index in [0.29, 0.717) is 24.7 Å². The van der Waals surface area contributed by atoms with Gasteiger partial charge in [0.1, 0.15) is 0 Å². The lowest BCUT2D eigenvalue weighted by atomic mass is 9.83. The van der Waals surface area contributed by atoms with Gasteiger partial charge in [-0.1, -0.05) is 12.1 Å². The Morgan fingerprint density at radius 2 is 1.24 bits per heavy atom. The maximum atomic E-state index is 9.87. The maximum absolute atomic E-state index is 9.87. The lowest BCUT2D eigenvalue weighted by Crippen LogP contribution is -2.27. The third-order valence-electron chi connectivity index (χ3n) is 5.44. The van der Waals surface area contributed by atoms with Crippen LogP contribution in [0.4, 0.5) is 0 Å². The Labute approximate surface area is 172 Å². The van der Waals surface area contributed by atoms with Crippen LogP contribution in [0, 0.1) is 11.8 Å². The van der Waals surface area contributed by atoms with Crippen molar-refractivity contribution in [3.05, 3.63) is 47.5 Å². The van der Waals surface area contributed by atoms with Gasteiger partial charge in [0.2, 0.25) is 0 Å². The topological polar surface area (TPSA) is 77.4 Å². The van der Waals surface area contributed by atoms with Crippen LogP contribution in [-0.4, -0.2) is 43.4 Å². The number of hydrogen-bond acceptors (Lipinski definition) is 6. The quantitative estimate of drug-likeness (QED) is 0.763. The summed E-state index contributed by atoms with van der Waals surface area (Å²) in [5, 5.41) is 19.7. The van der Waals surface area contributed by atoms with Gasteiger partial charge in [-0.3, -0.25) is 0 Å². The molecule has 0 saturated carbocycles. The standard InChI is InChI=1S/C23H30O6/c1-23(2)28-13-17(9-15-5-7-19(24)21(11-15)26-3)18(14-29-23)10-16-6-8-20(25)22(12-16)27-4/h5-8,11-12,17-18,24-25H,9-10,13-14H2,1-4H3. The van der Waals surface area contributed by atoms with E-state index in [1.165, 1.54) is 0 Å². The number of methoxy groups -OCH3 is 2. The lowest BCUT2D eigenvalue weighted by Gasteiger charge is -2.24. The molecule has 2 aromatic carbocycles. The first-order valence-corrected chi connectivity index (χ1v) is 9.81. The van der Waals surface area contributed by atoms with Gasteiger partial charge in [-0.2, -0.15) is 0 Å². The van der Waals surface area contributed by atoms with Crippen molar-refractivity contribution >= 4 is 0 Å². The molecule has 1 aliphatic heterocycles. The molecule has 0 radical (unpaired) electrons. The normalized spacial score (nSPS) is 21.4. The van der Waals surface area contributed by atoms with Crippen LogP contribution in [0.3, 0.4) is 0 Å². The van der Waals surface area contributed by atoms with E-state index < -0.39 is 5.79 Å². The molecule has 0 aliphatic carbocycles. The number of aromatic hydroxyl groups is 2. The summed E-state index contributed by atoms with van der Waals surface area (Å²) in [6, 6.07) is 10.9. The molecule has 6 heteroatoms. The molecule has 2 unspecified atom stereocenters. The summed E-state index contributed by atoms with van der Waals surface area (Å²) in [7, 11) is 3.09. The summed E-state index contributed by atoms with van der Waals surface area (Å²) in [6.45, 7) is 4.99. The molecule has 1 saturated heterocycles. The van der Waals surface area contributed by atoms with Crippen molar-refractivity contribution in [3.63, 3.8) is 0 Å². The molecule has 6 nitrogen and oxygen atoms in total. The van der Waals surface area contributed by atoms with E-state index in [4.69, 9.17) is 18.9 Å². The van der Waals surface area contributed by atoms with Gasteiger partial charge in [0.05, 0.1) is 27.4 Å². The Balaban J connectivity index is 1.83. The molecule has 1 heterocycles. The molecule has 3 rings (SSSR count). The van der Waals surface area contributed by atoms with Gasteiger partial charge in [-0.15, -0.1) is 0 Å². The predicted molar refractivity (Wildman–Crippen MR) is 110 cm³/mol. The predicted octanol–water partition coefficient (Wildman–Crippen LogP) is 3.92. The Morgan fingerprint density at radius 1 is 0.828 bits per heavy atom. The summed E-state index contributed by atoms with van der Waals surface area (Å²) in [4.78, 5) is 0. The minimum Gasteiger partial charge on any atom is -0.504 e. The van der Waals surface area contributed by atoms with Crippen LogP contribution >= 0.6 is 0 Å². The van der Waals surface area contributed by atoms with Gasteiger partial charge in [-0.25, -0.2) is 0 Å². The molecule has 0 aromatic heterocycles. The summed E-state index contributed by atoms with van der Waals surface area (Å²) >= 11 is 0. The van der Waals surface area contributed by atoms with Gasteiger partial charge in [0.25, 0.3) is 0 Å². The first-order valence-electron chi connectivity index (χ1n) is 9.81. The molecule has 1 fully saturated rings. The van der Waals surface area contributed by atoms with E-state index in [2.05, 4.69) is 0 Å². The van der Waals surface area contributed by atoms with Crippen LogP contribution in [0.15, 0.2) is 36.4 Å². The molecule has 158 valence electrons. The van der Waals surface area contributed by atoms with Crippen LogP contribution in [0.1, 0.15) is 25.0 Å². The summed E-state index contributed by atoms with van der Waals surface area (Å²) in [5.41, 5.74) is 2.14. The van der Waals surface area contributed by atoms with Gasteiger partial charge in [-0.05, 0) is 73.9 Å². The monoisotopic (exact) mass is 402 g/mol.